The molecule has 0 fully saturated rings. The van der Waals surface area contributed by atoms with Gasteiger partial charge in [-0.05, 0) is 41.3 Å². The molecule has 106 valence electrons. The second-order valence-corrected chi connectivity index (χ2v) is 5.74. The van der Waals surface area contributed by atoms with Crippen molar-refractivity contribution in [3.05, 3.63) is 57.8 Å². The number of aryl methyl sites for hydroxylation is 1. The molecule has 2 aromatic rings. The zero-order chi connectivity index (χ0) is 14.6. The molecule has 0 saturated heterocycles. The van der Waals surface area contributed by atoms with Gasteiger partial charge in [-0.15, -0.1) is 0 Å². The van der Waals surface area contributed by atoms with E-state index in [1.165, 1.54) is 7.11 Å². The summed E-state index contributed by atoms with van der Waals surface area (Å²) < 4.78 is 5.03. The van der Waals surface area contributed by atoms with Gasteiger partial charge < -0.3 is 10.5 Å². The first-order valence-corrected chi connectivity index (χ1v) is 7.43. The van der Waals surface area contributed by atoms with E-state index in [-0.39, 0.29) is 12.5 Å². The maximum Gasteiger partial charge on any atom is 0.317 e. The molecule has 1 aromatic heterocycles. The van der Waals surface area contributed by atoms with E-state index in [0.29, 0.717) is 6.42 Å². The van der Waals surface area contributed by atoms with E-state index >= 15 is 0 Å². The van der Waals surface area contributed by atoms with Crippen LogP contribution in [0.1, 0.15) is 16.7 Å². The van der Waals surface area contributed by atoms with Crippen molar-refractivity contribution >= 4 is 17.3 Å². The molecule has 20 heavy (non-hydrogen) atoms. The van der Waals surface area contributed by atoms with Gasteiger partial charge >= 0.3 is 5.97 Å². The highest BCUT2D eigenvalue weighted by atomic mass is 32.1. The highest BCUT2D eigenvalue weighted by Crippen LogP contribution is 2.30. The number of rotatable bonds is 5. The molecule has 1 aromatic carbocycles. The summed E-state index contributed by atoms with van der Waals surface area (Å²) in [6.07, 6.45) is 0.559. The number of ether oxygens (including phenoxy) is 1. The van der Waals surface area contributed by atoms with Crippen molar-refractivity contribution in [3.8, 4) is 0 Å². The lowest BCUT2D eigenvalue weighted by atomic mass is 9.75. The Labute approximate surface area is 123 Å². The molecule has 4 heteroatoms. The van der Waals surface area contributed by atoms with Gasteiger partial charge in [-0.3, -0.25) is 4.79 Å². The Morgan fingerprint density at radius 1 is 1.40 bits per heavy atom. The normalized spacial score (nSPS) is 13.8. The molecule has 1 heterocycles. The van der Waals surface area contributed by atoms with Crippen molar-refractivity contribution in [2.45, 2.75) is 18.8 Å². The molecule has 0 spiro atoms. The third-order valence-electron chi connectivity index (χ3n) is 3.58. The van der Waals surface area contributed by atoms with Gasteiger partial charge in [0.1, 0.15) is 5.41 Å². The maximum atomic E-state index is 12.4. The van der Waals surface area contributed by atoms with E-state index in [0.717, 1.165) is 16.7 Å². The van der Waals surface area contributed by atoms with Crippen molar-refractivity contribution in [3.63, 3.8) is 0 Å². The standard InChI is InChI=1S/C16H19NO2S/c1-12-4-3-5-14(8-12)16(11-17,15(18)19-2)9-13-6-7-20-10-13/h3-8,10H,9,11,17H2,1-2H3. The summed E-state index contributed by atoms with van der Waals surface area (Å²) in [6.45, 7) is 2.23. The summed E-state index contributed by atoms with van der Waals surface area (Å²) in [4.78, 5) is 12.4. The highest BCUT2D eigenvalue weighted by molar-refractivity contribution is 7.07. The number of nitrogens with two attached hydrogens (primary N) is 1. The number of hydrogen-bond donors (Lipinski definition) is 1. The quantitative estimate of drug-likeness (QED) is 0.861. The third kappa shape index (κ3) is 2.76. The Hall–Kier alpha value is -1.65. The van der Waals surface area contributed by atoms with E-state index < -0.39 is 5.41 Å². The molecule has 0 aliphatic heterocycles. The molecule has 0 saturated carbocycles. The van der Waals surface area contributed by atoms with Crippen LogP contribution in [-0.4, -0.2) is 19.6 Å². The molecule has 0 radical (unpaired) electrons. The van der Waals surface area contributed by atoms with E-state index in [1.807, 2.05) is 48.0 Å². The monoisotopic (exact) mass is 289 g/mol. The van der Waals surface area contributed by atoms with Crippen molar-refractivity contribution in [2.75, 3.05) is 13.7 Å². The summed E-state index contributed by atoms with van der Waals surface area (Å²) in [5.74, 6) is -0.281. The van der Waals surface area contributed by atoms with Gasteiger partial charge in [0, 0.05) is 6.54 Å². The lowest BCUT2D eigenvalue weighted by Gasteiger charge is -2.30. The van der Waals surface area contributed by atoms with Gasteiger partial charge in [0.2, 0.25) is 0 Å². The van der Waals surface area contributed by atoms with Crippen LogP contribution in [0, 0.1) is 6.92 Å². The topological polar surface area (TPSA) is 52.3 Å². The average Bonchev–Trinajstić information content (AvgIpc) is 2.96. The molecule has 0 aliphatic carbocycles. The minimum atomic E-state index is -0.818. The minimum Gasteiger partial charge on any atom is -0.468 e. The van der Waals surface area contributed by atoms with Crippen LogP contribution in [-0.2, 0) is 21.4 Å². The van der Waals surface area contributed by atoms with Gasteiger partial charge in [0.15, 0.2) is 0 Å². The lowest BCUT2D eigenvalue weighted by molar-refractivity contribution is -0.147. The van der Waals surface area contributed by atoms with Crippen molar-refractivity contribution in [2.24, 2.45) is 5.73 Å². The summed E-state index contributed by atoms with van der Waals surface area (Å²) in [6, 6.07) is 9.94. The minimum absolute atomic E-state index is 0.221. The molecule has 1 atom stereocenters. The van der Waals surface area contributed by atoms with Crippen LogP contribution in [0.25, 0.3) is 0 Å². The van der Waals surface area contributed by atoms with Crippen LogP contribution in [0.4, 0.5) is 0 Å². The summed E-state index contributed by atoms with van der Waals surface area (Å²) in [5.41, 5.74) is 8.29. The van der Waals surface area contributed by atoms with Gasteiger partial charge in [0.05, 0.1) is 7.11 Å². The van der Waals surface area contributed by atoms with E-state index in [1.54, 1.807) is 11.3 Å². The first kappa shape index (κ1) is 14.8. The largest absolute Gasteiger partial charge is 0.468 e. The van der Waals surface area contributed by atoms with Crippen LogP contribution in [0.3, 0.4) is 0 Å². The zero-order valence-corrected chi connectivity index (χ0v) is 12.6. The SMILES string of the molecule is COC(=O)C(CN)(Cc1ccsc1)c1cccc(C)c1. The second-order valence-electron chi connectivity index (χ2n) is 4.96. The van der Waals surface area contributed by atoms with Crippen LogP contribution in [0.5, 0.6) is 0 Å². The number of esters is 1. The number of carbonyl (C=O) groups excluding carboxylic acids is 1. The zero-order valence-electron chi connectivity index (χ0n) is 11.8. The van der Waals surface area contributed by atoms with E-state index in [9.17, 15) is 4.79 Å². The Kier molecular flexibility index (Phi) is 4.57. The maximum absolute atomic E-state index is 12.4. The Bertz CT molecular complexity index is 580. The number of thiophene rings is 1. The molecule has 2 N–H and O–H groups in total. The molecule has 0 aliphatic rings. The van der Waals surface area contributed by atoms with Gasteiger partial charge in [-0.1, -0.05) is 29.8 Å². The predicted octanol–water partition coefficient (Wildman–Crippen LogP) is 2.67. The molecule has 2 rings (SSSR count). The summed E-state index contributed by atoms with van der Waals surface area (Å²) in [5, 5.41) is 4.05. The lowest BCUT2D eigenvalue weighted by Crippen LogP contribution is -2.45. The van der Waals surface area contributed by atoms with E-state index in [4.69, 9.17) is 10.5 Å². The average molecular weight is 289 g/mol. The molecular weight excluding hydrogens is 270 g/mol. The number of carbonyl (C=O) groups is 1. The number of hydrogen-bond acceptors (Lipinski definition) is 4. The summed E-state index contributed by atoms with van der Waals surface area (Å²) in [7, 11) is 1.41. The third-order valence-corrected chi connectivity index (χ3v) is 4.31. The Balaban J connectivity index is 2.49. The fraction of sp³-hybridized carbons (Fsp3) is 0.312. The van der Waals surface area contributed by atoms with Crippen molar-refractivity contribution in [1.29, 1.82) is 0 Å². The molecule has 3 nitrogen and oxygen atoms in total. The Morgan fingerprint density at radius 2 is 2.20 bits per heavy atom. The number of benzene rings is 1. The van der Waals surface area contributed by atoms with Crippen molar-refractivity contribution in [1.82, 2.24) is 0 Å². The van der Waals surface area contributed by atoms with Crippen LogP contribution < -0.4 is 5.73 Å². The molecular formula is C16H19NO2S. The fourth-order valence-corrected chi connectivity index (χ4v) is 3.11. The molecule has 1 unspecified atom stereocenters. The first-order valence-electron chi connectivity index (χ1n) is 6.49. The van der Waals surface area contributed by atoms with Gasteiger partial charge in [-0.25, -0.2) is 0 Å². The number of methoxy groups -OCH3 is 1. The highest BCUT2D eigenvalue weighted by Gasteiger charge is 2.40. The van der Waals surface area contributed by atoms with Gasteiger partial charge in [0.25, 0.3) is 0 Å². The van der Waals surface area contributed by atoms with Crippen LogP contribution in [0.15, 0.2) is 41.1 Å². The van der Waals surface area contributed by atoms with Gasteiger partial charge in [-0.2, -0.15) is 11.3 Å². The second kappa shape index (κ2) is 6.20. The van der Waals surface area contributed by atoms with E-state index in [2.05, 4.69) is 0 Å². The van der Waals surface area contributed by atoms with Crippen molar-refractivity contribution < 1.29 is 9.53 Å². The predicted molar refractivity (Wildman–Crippen MR) is 82.0 cm³/mol. The fourth-order valence-electron chi connectivity index (χ4n) is 2.45. The Morgan fingerprint density at radius 3 is 2.75 bits per heavy atom. The summed E-state index contributed by atoms with van der Waals surface area (Å²) >= 11 is 1.62. The molecule has 0 bridgehead atoms. The van der Waals surface area contributed by atoms with Crippen LogP contribution in [0.2, 0.25) is 0 Å². The smallest absolute Gasteiger partial charge is 0.317 e. The molecule has 0 amide bonds. The first-order chi connectivity index (χ1) is 9.62. The van der Waals surface area contributed by atoms with Crippen LogP contribution >= 0.6 is 11.3 Å².